The standard InChI is InChI=1S/C12H17BrN2O3/c1-18-8-4-2-3-7-14-12-6-5-10(15(16)17)9-11(12)13/h5-6,9,14H,2-4,7-8H2,1H3. The van der Waals surface area contributed by atoms with Gasteiger partial charge in [0.05, 0.1) is 4.92 Å². The number of non-ortho nitro benzene ring substituents is 1. The Morgan fingerprint density at radius 2 is 2.17 bits per heavy atom. The monoisotopic (exact) mass is 316 g/mol. The van der Waals surface area contributed by atoms with Crippen molar-refractivity contribution in [2.75, 3.05) is 25.6 Å². The fourth-order valence-electron chi connectivity index (χ4n) is 1.53. The highest BCUT2D eigenvalue weighted by atomic mass is 79.9. The number of halogens is 1. The molecule has 0 radical (unpaired) electrons. The molecule has 1 aromatic carbocycles. The zero-order chi connectivity index (χ0) is 13.4. The molecule has 0 fully saturated rings. The highest BCUT2D eigenvalue weighted by molar-refractivity contribution is 9.10. The topological polar surface area (TPSA) is 64.4 Å². The molecule has 0 heterocycles. The van der Waals surface area contributed by atoms with Crippen molar-refractivity contribution in [2.45, 2.75) is 19.3 Å². The number of benzene rings is 1. The van der Waals surface area contributed by atoms with Crippen LogP contribution in [0.3, 0.4) is 0 Å². The number of hydrogen-bond donors (Lipinski definition) is 1. The molecule has 0 saturated carbocycles. The summed E-state index contributed by atoms with van der Waals surface area (Å²) in [4.78, 5) is 10.2. The van der Waals surface area contributed by atoms with Gasteiger partial charge >= 0.3 is 0 Å². The minimum absolute atomic E-state index is 0.0903. The van der Waals surface area contributed by atoms with Crippen molar-refractivity contribution in [3.05, 3.63) is 32.8 Å². The van der Waals surface area contributed by atoms with E-state index in [0.717, 1.165) is 38.1 Å². The van der Waals surface area contributed by atoms with Gasteiger partial charge in [-0.15, -0.1) is 0 Å². The Kier molecular flexibility index (Phi) is 6.67. The molecule has 6 heteroatoms. The largest absolute Gasteiger partial charge is 0.385 e. The Hall–Kier alpha value is -1.14. The van der Waals surface area contributed by atoms with Gasteiger partial charge in [0.2, 0.25) is 0 Å². The van der Waals surface area contributed by atoms with Crippen molar-refractivity contribution in [3.63, 3.8) is 0 Å². The minimum atomic E-state index is -0.403. The lowest BCUT2D eigenvalue weighted by atomic mass is 10.2. The zero-order valence-electron chi connectivity index (χ0n) is 10.3. The first-order chi connectivity index (χ1) is 8.65. The van der Waals surface area contributed by atoms with E-state index in [0.29, 0.717) is 4.47 Å². The molecule has 0 spiro atoms. The first-order valence-corrected chi connectivity index (χ1v) is 6.61. The number of ether oxygens (including phenoxy) is 1. The lowest BCUT2D eigenvalue weighted by molar-refractivity contribution is -0.384. The average Bonchev–Trinajstić information content (AvgIpc) is 2.35. The molecule has 18 heavy (non-hydrogen) atoms. The van der Waals surface area contributed by atoms with Crippen molar-refractivity contribution < 1.29 is 9.66 Å². The summed E-state index contributed by atoms with van der Waals surface area (Å²) in [5.74, 6) is 0. The van der Waals surface area contributed by atoms with Crippen LogP contribution in [-0.4, -0.2) is 25.2 Å². The van der Waals surface area contributed by atoms with Crippen LogP contribution in [0.4, 0.5) is 11.4 Å². The SMILES string of the molecule is COCCCCCNc1ccc([N+](=O)[O-])cc1Br. The number of anilines is 1. The van der Waals surface area contributed by atoms with E-state index in [2.05, 4.69) is 21.2 Å². The Bertz CT molecular complexity index is 399. The Morgan fingerprint density at radius 3 is 2.78 bits per heavy atom. The van der Waals surface area contributed by atoms with E-state index in [9.17, 15) is 10.1 Å². The second kappa shape index (κ2) is 8.05. The summed E-state index contributed by atoms with van der Waals surface area (Å²) in [6.07, 6.45) is 3.21. The van der Waals surface area contributed by atoms with Crippen molar-refractivity contribution in [1.82, 2.24) is 0 Å². The fraction of sp³-hybridized carbons (Fsp3) is 0.500. The van der Waals surface area contributed by atoms with Crippen molar-refractivity contribution >= 4 is 27.3 Å². The molecule has 0 amide bonds. The molecule has 0 aliphatic heterocycles. The maximum Gasteiger partial charge on any atom is 0.270 e. The normalized spacial score (nSPS) is 10.3. The Labute approximate surface area is 115 Å². The van der Waals surface area contributed by atoms with Gasteiger partial charge in [-0.3, -0.25) is 10.1 Å². The Morgan fingerprint density at radius 1 is 1.39 bits per heavy atom. The molecule has 100 valence electrons. The van der Waals surface area contributed by atoms with Gasteiger partial charge in [0.25, 0.3) is 5.69 Å². The first kappa shape index (κ1) is 14.9. The van der Waals surface area contributed by atoms with Crippen LogP contribution in [0.15, 0.2) is 22.7 Å². The number of rotatable bonds is 8. The third-order valence-electron chi connectivity index (χ3n) is 2.50. The third kappa shape index (κ3) is 5.01. The molecule has 0 aliphatic rings. The summed E-state index contributed by atoms with van der Waals surface area (Å²) < 4.78 is 5.69. The molecule has 0 saturated heterocycles. The first-order valence-electron chi connectivity index (χ1n) is 5.82. The average molecular weight is 317 g/mol. The van der Waals surface area contributed by atoms with Crippen molar-refractivity contribution in [2.24, 2.45) is 0 Å². The molecule has 0 atom stereocenters. The number of nitrogens with zero attached hydrogens (tertiary/aromatic N) is 1. The summed E-state index contributed by atoms with van der Waals surface area (Å²) in [5.41, 5.74) is 0.972. The molecule has 1 aromatic rings. The fourth-order valence-corrected chi connectivity index (χ4v) is 2.04. The molecule has 0 bridgehead atoms. The Balaban J connectivity index is 2.36. The van der Waals surface area contributed by atoms with E-state index in [-0.39, 0.29) is 5.69 Å². The number of nitrogens with one attached hydrogen (secondary N) is 1. The number of unbranched alkanes of at least 4 members (excludes halogenated alkanes) is 2. The van der Waals surface area contributed by atoms with Gasteiger partial charge in [-0.05, 0) is 41.3 Å². The van der Waals surface area contributed by atoms with E-state index in [1.165, 1.54) is 12.1 Å². The van der Waals surface area contributed by atoms with Crippen LogP contribution < -0.4 is 5.32 Å². The second-order valence-electron chi connectivity index (χ2n) is 3.90. The highest BCUT2D eigenvalue weighted by Gasteiger charge is 2.08. The van der Waals surface area contributed by atoms with Gasteiger partial charge in [-0.1, -0.05) is 0 Å². The van der Waals surface area contributed by atoms with Crippen LogP contribution in [0.25, 0.3) is 0 Å². The summed E-state index contributed by atoms with van der Waals surface area (Å²) >= 11 is 3.32. The van der Waals surface area contributed by atoms with Crippen LogP contribution in [0.5, 0.6) is 0 Å². The van der Waals surface area contributed by atoms with Crippen LogP contribution in [0.2, 0.25) is 0 Å². The van der Waals surface area contributed by atoms with Gasteiger partial charge in [-0.2, -0.15) is 0 Å². The summed E-state index contributed by atoms with van der Waals surface area (Å²) in [6.45, 7) is 1.64. The van der Waals surface area contributed by atoms with Crippen LogP contribution in [0.1, 0.15) is 19.3 Å². The van der Waals surface area contributed by atoms with Crippen molar-refractivity contribution in [1.29, 1.82) is 0 Å². The van der Waals surface area contributed by atoms with E-state index in [1.807, 2.05) is 0 Å². The number of methoxy groups -OCH3 is 1. The maximum atomic E-state index is 10.6. The summed E-state index contributed by atoms with van der Waals surface area (Å²) in [5, 5.41) is 13.8. The second-order valence-corrected chi connectivity index (χ2v) is 4.76. The molecule has 5 nitrogen and oxygen atoms in total. The lowest BCUT2D eigenvalue weighted by Crippen LogP contribution is -2.03. The number of hydrogen-bond acceptors (Lipinski definition) is 4. The molecular formula is C12H17BrN2O3. The molecular weight excluding hydrogens is 300 g/mol. The smallest absolute Gasteiger partial charge is 0.270 e. The molecule has 0 aliphatic carbocycles. The van der Waals surface area contributed by atoms with E-state index in [4.69, 9.17) is 4.74 Å². The predicted molar refractivity (Wildman–Crippen MR) is 75.0 cm³/mol. The maximum absolute atomic E-state index is 10.6. The minimum Gasteiger partial charge on any atom is -0.385 e. The number of nitro benzene ring substituents is 1. The molecule has 1 rings (SSSR count). The zero-order valence-corrected chi connectivity index (χ0v) is 11.9. The van der Waals surface area contributed by atoms with Gasteiger partial charge in [0, 0.05) is 42.6 Å². The lowest BCUT2D eigenvalue weighted by Gasteiger charge is -2.08. The van der Waals surface area contributed by atoms with Crippen LogP contribution in [-0.2, 0) is 4.74 Å². The van der Waals surface area contributed by atoms with Gasteiger partial charge < -0.3 is 10.1 Å². The van der Waals surface area contributed by atoms with E-state index < -0.39 is 4.92 Å². The van der Waals surface area contributed by atoms with Gasteiger partial charge in [0.15, 0.2) is 0 Å². The van der Waals surface area contributed by atoms with Gasteiger partial charge in [-0.25, -0.2) is 0 Å². The third-order valence-corrected chi connectivity index (χ3v) is 3.16. The summed E-state index contributed by atoms with van der Waals surface area (Å²) in [6, 6.07) is 4.72. The van der Waals surface area contributed by atoms with Crippen molar-refractivity contribution in [3.8, 4) is 0 Å². The van der Waals surface area contributed by atoms with Crippen LogP contribution in [0, 0.1) is 10.1 Å². The number of nitro groups is 1. The highest BCUT2D eigenvalue weighted by Crippen LogP contribution is 2.26. The predicted octanol–water partition coefficient (Wildman–Crippen LogP) is 3.59. The van der Waals surface area contributed by atoms with Gasteiger partial charge in [0.1, 0.15) is 0 Å². The molecule has 0 unspecified atom stereocenters. The quantitative estimate of drug-likeness (QED) is 0.452. The molecule has 0 aromatic heterocycles. The summed E-state index contributed by atoms with van der Waals surface area (Å²) in [7, 11) is 1.70. The van der Waals surface area contributed by atoms with E-state index >= 15 is 0 Å². The van der Waals surface area contributed by atoms with Crippen LogP contribution >= 0.6 is 15.9 Å². The van der Waals surface area contributed by atoms with E-state index in [1.54, 1.807) is 13.2 Å². The molecule has 1 N–H and O–H groups in total.